The lowest BCUT2D eigenvalue weighted by Crippen LogP contribution is -2.30. The average molecular weight is 336 g/mol. The molecule has 0 aliphatic rings. The monoisotopic (exact) mass is 336 g/mol. The first-order valence-corrected chi connectivity index (χ1v) is 7.83. The van der Waals surface area contributed by atoms with Crippen molar-refractivity contribution in [3.05, 3.63) is 34.1 Å². The van der Waals surface area contributed by atoms with E-state index in [1.54, 1.807) is 12.1 Å². The number of benzene rings is 1. The number of aromatic amines is 1. The van der Waals surface area contributed by atoms with Gasteiger partial charge in [-0.1, -0.05) is 13.3 Å². The number of hydrogen-bond acceptors (Lipinski definition) is 4. The summed E-state index contributed by atoms with van der Waals surface area (Å²) in [6.07, 6.45) is 1.84. The third kappa shape index (κ3) is 3.84. The maximum absolute atomic E-state index is 12.2. The number of aromatic nitrogens is 1. The summed E-state index contributed by atoms with van der Waals surface area (Å²) in [6, 6.07) is 4.90. The van der Waals surface area contributed by atoms with Gasteiger partial charge < -0.3 is 19.8 Å². The van der Waals surface area contributed by atoms with Gasteiger partial charge in [0, 0.05) is 11.9 Å². The minimum atomic E-state index is -0.691. The molecule has 0 radical (unpaired) electrons. The van der Waals surface area contributed by atoms with Crippen LogP contribution in [0.25, 0.3) is 10.9 Å². The Morgan fingerprint density at radius 1 is 1.38 bits per heavy atom. The molecule has 2 aromatic rings. The Morgan fingerprint density at radius 2 is 2.17 bits per heavy atom. The Bertz CT molecular complexity index is 773. The van der Waals surface area contributed by atoms with Crippen molar-refractivity contribution < 1.29 is 18.7 Å². The molecule has 24 heavy (non-hydrogen) atoms. The molecule has 1 aromatic carbocycles. The number of hydrogen-bond donors (Lipinski definition) is 2. The number of alkyl halides is 1. The van der Waals surface area contributed by atoms with Crippen LogP contribution in [0, 0.1) is 0 Å². The highest BCUT2D eigenvalue weighted by atomic mass is 19.1. The van der Waals surface area contributed by atoms with Gasteiger partial charge in [0.15, 0.2) is 11.5 Å². The molecule has 0 atom stereocenters. The molecular weight excluding hydrogens is 315 g/mol. The molecule has 0 saturated heterocycles. The fourth-order valence-corrected chi connectivity index (χ4v) is 2.28. The molecule has 0 aliphatic heterocycles. The first kappa shape index (κ1) is 17.8. The number of carbonyl (C=O) groups excluding carboxylic acids is 1. The number of amides is 1. The molecule has 6 nitrogen and oxygen atoms in total. The summed E-state index contributed by atoms with van der Waals surface area (Å²) in [7, 11) is 1.52. The van der Waals surface area contributed by atoms with E-state index >= 15 is 0 Å². The predicted molar refractivity (Wildman–Crippen MR) is 89.8 cm³/mol. The van der Waals surface area contributed by atoms with Gasteiger partial charge in [0.25, 0.3) is 11.5 Å². The van der Waals surface area contributed by atoms with Crippen LogP contribution in [0.5, 0.6) is 11.5 Å². The van der Waals surface area contributed by atoms with E-state index in [0.717, 1.165) is 12.8 Å². The number of H-pyrrole nitrogens is 1. The zero-order chi connectivity index (χ0) is 17.5. The molecule has 2 rings (SSSR count). The van der Waals surface area contributed by atoms with Gasteiger partial charge in [0.05, 0.1) is 19.2 Å². The molecule has 1 amide bonds. The quantitative estimate of drug-likeness (QED) is 0.726. The maximum Gasteiger partial charge on any atom is 0.261 e. The molecule has 1 aromatic heterocycles. The molecule has 1 heterocycles. The van der Waals surface area contributed by atoms with E-state index in [4.69, 9.17) is 9.47 Å². The van der Waals surface area contributed by atoms with Crippen molar-refractivity contribution in [3.8, 4) is 11.5 Å². The summed E-state index contributed by atoms with van der Waals surface area (Å²) in [5.41, 5.74) is -0.162. The van der Waals surface area contributed by atoms with Crippen molar-refractivity contribution in [1.29, 1.82) is 0 Å². The molecule has 0 bridgehead atoms. The van der Waals surface area contributed by atoms with Crippen molar-refractivity contribution in [1.82, 2.24) is 10.3 Å². The first-order chi connectivity index (χ1) is 11.6. The van der Waals surface area contributed by atoms with Crippen LogP contribution in [0.1, 0.15) is 30.1 Å². The van der Waals surface area contributed by atoms with E-state index in [0.29, 0.717) is 29.0 Å². The highest BCUT2D eigenvalue weighted by Gasteiger charge is 2.16. The average Bonchev–Trinajstić information content (AvgIpc) is 2.59. The highest BCUT2D eigenvalue weighted by molar-refractivity contribution is 5.98. The Morgan fingerprint density at radius 3 is 2.83 bits per heavy atom. The molecule has 7 heteroatoms. The third-order valence-electron chi connectivity index (χ3n) is 3.53. The number of rotatable bonds is 8. The van der Waals surface area contributed by atoms with Crippen LogP contribution >= 0.6 is 0 Å². The van der Waals surface area contributed by atoms with Crippen molar-refractivity contribution in [2.45, 2.75) is 19.8 Å². The number of unbranched alkanes of at least 4 members (excludes halogenated alkanes) is 1. The molecule has 0 fully saturated rings. The van der Waals surface area contributed by atoms with E-state index in [-0.39, 0.29) is 12.1 Å². The number of nitrogens with one attached hydrogen (secondary N) is 2. The summed E-state index contributed by atoms with van der Waals surface area (Å²) >= 11 is 0. The van der Waals surface area contributed by atoms with Crippen LogP contribution in [-0.2, 0) is 0 Å². The van der Waals surface area contributed by atoms with Crippen LogP contribution in [0.3, 0.4) is 0 Å². The van der Waals surface area contributed by atoms with E-state index in [9.17, 15) is 14.0 Å². The minimum Gasteiger partial charge on any atom is -0.493 e. The van der Waals surface area contributed by atoms with Gasteiger partial charge in [0.1, 0.15) is 12.2 Å². The summed E-state index contributed by atoms with van der Waals surface area (Å²) in [6.45, 7) is 1.72. The fraction of sp³-hybridized carbons (Fsp3) is 0.412. The van der Waals surface area contributed by atoms with Crippen LogP contribution in [0.2, 0.25) is 0 Å². The lowest BCUT2D eigenvalue weighted by Gasteiger charge is -2.13. The lowest BCUT2D eigenvalue weighted by molar-refractivity contribution is 0.0949. The molecular formula is C17H21FN2O4. The number of carbonyl (C=O) groups is 1. The van der Waals surface area contributed by atoms with E-state index in [1.165, 1.54) is 13.2 Å². The van der Waals surface area contributed by atoms with Gasteiger partial charge in [0.2, 0.25) is 0 Å². The molecule has 130 valence electrons. The molecule has 0 unspecified atom stereocenters. The Hall–Kier alpha value is -2.57. The summed E-state index contributed by atoms with van der Waals surface area (Å²) in [4.78, 5) is 26.8. The second-order valence-electron chi connectivity index (χ2n) is 5.22. The lowest BCUT2D eigenvalue weighted by atomic mass is 10.1. The molecule has 0 saturated carbocycles. The largest absolute Gasteiger partial charge is 0.493 e. The molecule has 2 N–H and O–H groups in total. The zero-order valence-electron chi connectivity index (χ0n) is 13.8. The van der Waals surface area contributed by atoms with E-state index in [1.807, 2.05) is 6.92 Å². The summed E-state index contributed by atoms with van der Waals surface area (Å²) < 4.78 is 23.2. The first-order valence-electron chi connectivity index (χ1n) is 7.83. The van der Waals surface area contributed by atoms with Crippen molar-refractivity contribution in [3.63, 3.8) is 0 Å². The van der Waals surface area contributed by atoms with Gasteiger partial charge in [-0.25, -0.2) is 4.39 Å². The molecule has 0 spiro atoms. The number of methoxy groups -OCH3 is 1. The van der Waals surface area contributed by atoms with E-state index < -0.39 is 18.1 Å². The van der Waals surface area contributed by atoms with Crippen LogP contribution in [0.15, 0.2) is 23.0 Å². The minimum absolute atomic E-state index is 0.0689. The molecule has 0 aliphatic carbocycles. The number of halogens is 1. The van der Waals surface area contributed by atoms with Crippen molar-refractivity contribution in [2.75, 3.05) is 26.9 Å². The van der Waals surface area contributed by atoms with Gasteiger partial charge in [-0.15, -0.1) is 0 Å². The van der Waals surface area contributed by atoms with Crippen molar-refractivity contribution >= 4 is 16.8 Å². The van der Waals surface area contributed by atoms with Crippen LogP contribution in [0.4, 0.5) is 4.39 Å². The second kappa shape index (κ2) is 8.33. The Balaban J connectivity index is 2.47. The van der Waals surface area contributed by atoms with Gasteiger partial charge in [-0.2, -0.15) is 0 Å². The second-order valence-corrected chi connectivity index (χ2v) is 5.22. The topological polar surface area (TPSA) is 80.4 Å². The fourth-order valence-electron chi connectivity index (χ4n) is 2.28. The SMILES string of the molecule is CCCCOc1c(OC)ccc2cc(C(=O)NCCF)c(=O)[nH]c12. The third-order valence-corrected chi connectivity index (χ3v) is 3.53. The van der Waals surface area contributed by atoms with Crippen molar-refractivity contribution in [2.24, 2.45) is 0 Å². The van der Waals surface area contributed by atoms with Gasteiger partial charge in [-0.3, -0.25) is 9.59 Å². The van der Waals surface area contributed by atoms with Crippen LogP contribution < -0.4 is 20.3 Å². The predicted octanol–water partition coefficient (Wildman–Crippen LogP) is 2.41. The zero-order valence-corrected chi connectivity index (χ0v) is 13.8. The Kier molecular flexibility index (Phi) is 6.17. The Labute approximate surface area is 139 Å². The number of pyridine rings is 1. The van der Waals surface area contributed by atoms with Gasteiger partial charge in [-0.05, 0) is 24.6 Å². The number of ether oxygens (including phenoxy) is 2. The maximum atomic E-state index is 12.2. The van der Waals surface area contributed by atoms with Gasteiger partial charge >= 0.3 is 0 Å². The number of fused-ring (bicyclic) bond motifs is 1. The summed E-state index contributed by atoms with van der Waals surface area (Å²) in [5, 5.41) is 2.98. The van der Waals surface area contributed by atoms with E-state index in [2.05, 4.69) is 10.3 Å². The normalized spacial score (nSPS) is 10.6. The summed E-state index contributed by atoms with van der Waals surface area (Å²) in [5.74, 6) is 0.334. The smallest absolute Gasteiger partial charge is 0.261 e. The standard InChI is InChI=1S/C17H21FN2O4/c1-3-4-9-24-15-13(23-2)6-5-11-10-12(16(21)19-8-7-18)17(22)20-14(11)15/h5-6,10H,3-4,7-9H2,1-2H3,(H,19,21)(H,20,22). The highest BCUT2D eigenvalue weighted by Crippen LogP contribution is 2.34. The van der Waals surface area contributed by atoms with Crippen LogP contribution in [-0.4, -0.2) is 37.8 Å².